The Hall–Kier alpha value is -1.09. The molecule has 1 rings (SSSR count). The summed E-state index contributed by atoms with van der Waals surface area (Å²) in [5.74, 6) is -1.73. The highest BCUT2D eigenvalue weighted by Gasteiger charge is 2.14. The second-order valence-corrected chi connectivity index (χ2v) is 3.73. The number of aromatic carboxylic acids is 1. The van der Waals surface area contributed by atoms with Gasteiger partial charge in [0.25, 0.3) is 0 Å². The van der Waals surface area contributed by atoms with Crippen LogP contribution < -0.4 is 0 Å². The van der Waals surface area contributed by atoms with Crippen molar-refractivity contribution in [2.45, 2.75) is 19.8 Å². The van der Waals surface area contributed by atoms with Gasteiger partial charge in [-0.3, -0.25) is 0 Å². The van der Waals surface area contributed by atoms with Gasteiger partial charge in [-0.25, -0.2) is 9.18 Å². The Morgan fingerprint density at radius 1 is 1.50 bits per heavy atom. The number of carboxylic acids is 1. The van der Waals surface area contributed by atoms with Gasteiger partial charge in [0.2, 0.25) is 0 Å². The minimum Gasteiger partial charge on any atom is -0.478 e. The van der Waals surface area contributed by atoms with Gasteiger partial charge in [-0.15, -0.1) is 0 Å². The Morgan fingerprint density at radius 2 is 2.07 bits per heavy atom. The first-order chi connectivity index (χ1) is 6.43. The van der Waals surface area contributed by atoms with E-state index in [0.29, 0.717) is 5.56 Å². The third kappa shape index (κ3) is 2.04. The first kappa shape index (κ1) is 11.0. The van der Waals surface area contributed by atoms with Crippen molar-refractivity contribution >= 4 is 17.6 Å². The lowest BCUT2D eigenvalue weighted by molar-refractivity contribution is 0.0696. The van der Waals surface area contributed by atoms with E-state index in [9.17, 15) is 9.18 Å². The monoisotopic (exact) mass is 216 g/mol. The number of benzene rings is 1. The Labute approximate surface area is 86.3 Å². The van der Waals surface area contributed by atoms with Crippen LogP contribution in [0.25, 0.3) is 0 Å². The molecule has 0 aliphatic rings. The number of carbonyl (C=O) groups is 1. The van der Waals surface area contributed by atoms with Gasteiger partial charge >= 0.3 is 5.97 Å². The Kier molecular flexibility index (Phi) is 3.11. The molecule has 1 aromatic carbocycles. The van der Waals surface area contributed by atoms with Crippen LogP contribution in [0.3, 0.4) is 0 Å². The van der Waals surface area contributed by atoms with Crippen LogP contribution in [0.15, 0.2) is 12.1 Å². The van der Waals surface area contributed by atoms with Gasteiger partial charge in [0.15, 0.2) is 0 Å². The molecule has 0 spiro atoms. The van der Waals surface area contributed by atoms with Crippen LogP contribution in [-0.2, 0) is 0 Å². The van der Waals surface area contributed by atoms with Crippen molar-refractivity contribution in [2.75, 3.05) is 0 Å². The molecule has 76 valence electrons. The minimum atomic E-state index is -1.10. The van der Waals surface area contributed by atoms with E-state index < -0.39 is 11.8 Å². The molecule has 0 radical (unpaired) electrons. The molecule has 0 unspecified atom stereocenters. The highest BCUT2D eigenvalue weighted by atomic mass is 35.5. The fraction of sp³-hybridized carbons (Fsp3) is 0.300. The average molecular weight is 217 g/mol. The first-order valence-electron chi connectivity index (χ1n) is 4.15. The van der Waals surface area contributed by atoms with Crippen LogP contribution in [-0.4, -0.2) is 11.1 Å². The van der Waals surface area contributed by atoms with Crippen LogP contribution in [0.5, 0.6) is 0 Å². The van der Waals surface area contributed by atoms with Gasteiger partial charge in [-0.05, 0) is 23.6 Å². The molecule has 2 nitrogen and oxygen atoms in total. The number of halogens is 2. The van der Waals surface area contributed by atoms with Gasteiger partial charge < -0.3 is 5.11 Å². The lowest BCUT2D eigenvalue weighted by Gasteiger charge is -2.09. The lowest BCUT2D eigenvalue weighted by atomic mass is 10.00. The summed E-state index contributed by atoms with van der Waals surface area (Å²) in [6.07, 6.45) is 0. The van der Waals surface area contributed by atoms with E-state index in [1.165, 1.54) is 6.07 Å². The summed E-state index contributed by atoms with van der Waals surface area (Å²) in [6.45, 7) is 3.56. The summed E-state index contributed by atoms with van der Waals surface area (Å²) in [6, 6.07) is 2.43. The normalized spacial score (nSPS) is 10.6. The van der Waals surface area contributed by atoms with Crippen molar-refractivity contribution in [3.63, 3.8) is 0 Å². The van der Waals surface area contributed by atoms with E-state index in [4.69, 9.17) is 16.7 Å². The molecule has 0 amide bonds. The molecule has 0 fully saturated rings. The molecule has 0 heterocycles. The molecule has 0 saturated carbocycles. The average Bonchev–Trinajstić information content (AvgIpc) is 2.08. The summed E-state index contributed by atoms with van der Waals surface area (Å²) in [4.78, 5) is 10.7. The molecule has 0 aliphatic heterocycles. The van der Waals surface area contributed by atoms with Crippen molar-refractivity contribution < 1.29 is 14.3 Å². The van der Waals surface area contributed by atoms with Gasteiger partial charge in [-0.1, -0.05) is 25.4 Å². The summed E-state index contributed by atoms with van der Waals surface area (Å²) in [7, 11) is 0. The first-order valence-corrected chi connectivity index (χ1v) is 4.53. The molecular formula is C10H10ClFO2. The molecule has 1 N–H and O–H groups in total. The molecule has 1 aromatic rings. The molecule has 0 atom stereocenters. The summed E-state index contributed by atoms with van der Waals surface area (Å²) in [5.41, 5.74) is 0.343. The third-order valence-electron chi connectivity index (χ3n) is 1.93. The largest absolute Gasteiger partial charge is 0.478 e. The molecule has 4 heteroatoms. The maximum absolute atomic E-state index is 13.4. The highest BCUT2D eigenvalue weighted by molar-refractivity contribution is 6.31. The Morgan fingerprint density at radius 3 is 2.50 bits per heavy atom. The standard InChI is InChI=1S/C10H10ClFO2/c1-5(2)7-3-6(10(13)14)4-8(11)9(7)12/h3-5H,1-2H3,(H,13,14). The SMILES string of the molecule is CC(C)c1cc(C(=O)O)cc(Cl)c1F. The van der Waals surface area contributed by atoms with Crippen molar-refractivity contribution in [1.29, 1.82) is 0 Å². The van der Waals surface area contributed by atoms with Gasteiger partial charge in [0.1, 0.15) is 5.82 Å². The Balaban J connectivity index is 3.35. The number of rotatable bonds is 2. The van der Waals surface area contributed by atoms with Crippen molar-refractivity contribution in [3.8, 4) is 0 Å². The zero-order chi connectivity index (χ0) is 10.9. The number of carboxylic acid groups (broad SMARTS) is 1. The van der Waals surface area contributed by atoms with Crippen molar-refractivity contribution in [1.82, 2.24) is 0 Å². The topological polar surface area (TPSA) is 37.3 Å². The maximum atomic E-state index is 13.4. The van der Waals surface area contributed by atoms with Crippen LogP contribution in [0.1, 0.15) is 35.7 Å². The van der Waals surface area contributed by atoms with Crippen LogP contribution in [0.4, 0.5) is 4.39 Å². The van der Waals surface area contributed by atoms with E-state index >= 15 is 0 Å². The van der Waals surface area contributed by atoms with Gasteiger partial charge in [0.05, 0.1) is 10.6 Å². The fourth-order valence-corrected chi connectivity index (χ4v) is 1.38. The predicted octanol–water partition coefficient (Wildman–Crippen LogP) is 3.30. The van der Waals surface area contributed by atoms with E-state index in [1.807, 2.05) is 0 Å². The summed E-state index contributed by atoms with van der Waals surface area (Å²) in [5, 5.41) is 8.58. The van der Waals surface area contributed by atoms with Crippen LogP contribution in [0, 0.1) is 5.82 Å². The minimum absolute atomic E-state index is 0.0140. The maximum Gasteiger partial charge on any atom is 0.335 e. The number of hydrogen-bond donors (Lipinski definition) is 1. The van der Waals surface area contributed by atoms with Crippen LogP contribution in [0.2, 0.25) is 5.02 Å². The quantitative estimate of drug-likeness (QED) is 0.824. The predicted molar refractivity (Wildman–Crippen MR) is 52.5 cm³/mol. The Bertz CT molecular complexity index is 375. The van der Waals surface area contributed by atoms with Gasteiger partial charge in [0, 0.05) is 0 Å². The molecular weight excluding hydrogens is 207 g/mol. The second-order valence-electron chi connectivity index (χ2n) is 3.32. The van der Waals surface area contributed by atoms with Gasteiger partial charge in [-0.2, -0.15) is 0 Å². The molecule has 0 saturated heterocycles. The van der Waals surface area contributed by atoms with Crippen molar-refractivity contribution in [2.24, 2.45) is 0 Å². The summed E-state index contributed by atoms with van der Waals surface area (Å²) < 4.78 is 13.4. The van der Waals surface area contributed by atoms with E-state index in [0.717, 1.165) is 6.07 Å². The molecule has 0 aliphatic carbocycles. The highest BCUT2D eigenvalue weighted by Crippen LogP contribution is 2.26. The molecule has 0 bridgehead atoms. The van der Waals surface area contributed by atoms with Crippen molar-refractivity contribution in [3.05, 3.63) is 34.1 Å². The molecule has 14 heavy (non-hydrogen) atoms. The fourth-order valence-electron chi connectivity index (χ4n) is 1.15. The lowest BCUT2D eigenvalue weighted by Crippen LogP contribution is -2.02. The van der Waals surface area contributed by atoms with E-state index in [1.54, 1.807) is 13.8 Å². The zero-order valence-electron chi connectivity index (χ0n) is 7.84. The second kappa shape index (κ2) is 3.96. The number of hydrogen-bond acceptors (Lipinski definition) is 1. The van der Waals surface area contributed by atoms with E-state index in [2.05, 4.69) is 0 Å². The zero-order valence-corrected chi connectivity index (χ0v) is 8.60. The molecule has 0 aromatic heterocycles. The smallest absolute Gasteiger partial charge is 0.335 e. The summed E-state index contributed by atoms with van der Waals surface area (Å²) >= 11 is 5.57. The third-order valence-corrected chi connectivity index (χ3v) is 2.20. The van der Waals surface area contributed by atoms with Crippen LogP contribution >= 0.6 is 11.6 Å². The van der Waals surface area contributed by atoms with E-state index in [-0.39, 0.29) is 16.5 Å².